The molecular weight excluding hydrogens is 300 g/mol. The van der Waals surface area contributed by atoms with Crippen molar-refractivity contribution in [1.82, 2.24) is 15.1 Å². The lowest BCUT2D eigenvalue weighted by Gasteiger charge is -2.39. The first-order valence-electron chi connectivity index (χ1n) is 8.51. The minimum absolute atomic E-state index is 0.0429. The fourth-order valence-corrected chi connectivity index (χ4v) is 3.52. The van der Waals surface area contributed by atoms with Gasteiger partial charge < -0.3 is 10.6 Å². The molecule has 1 amide bonds. The molecule has 0 spiro atoms. The van der Waals surface area contributed by atoms with E-state index in [0.29, 0.717) is 18.0 Å². The monoisotopic (exact) mass is 324 g/mol. The van der Waals surface area contributed by atoms with Crippen LogP contribution in [0.1, 0.15) is 35.7 Å². The number of benzene rings is 1. The van der Waals surface area contributed by atoms with Gasteiger partial charge in [0.15, 0.2) is 0 Å². The highest BCUT2D eigenvalue weighted by Crippen LogP contribution is 2.28. The van der Waals surface area contributed by atoms with Crippen LogP contribution in [0.25, 0.3) is 11.3 Å². The topological polar surface area (TPSA) is 72.1 Å². The second-order valence-electron chi connectivity index (χ2n) is 6.58. The molecule has 1 aromatic heterocycles. The smallest absolute Gasteiger partial charge is 0.254 e. The summed E-state index contributed by atoms with van der Waals surface area (Å²) in [6.45, 7) is 5.44. The van der Waals surface area contributed by atoms with Gasteiger partial charge in [0, 0.05) is 36.5 Å². The Bertz CT molecular complexity index is 717. The zero-order valence-corrected chi connectivity index (χ0v) is 14.3. The molecule has 0 saturated carbocycles. The van der Waals surface area contributed by atoms with Gasteiger partial charge in [-0.3, -0.25) is 4.79 Å². The molecule has 1 aliphatic heterocycles. The van der Waals surface area contributed by atoms with Crippen LogP contribution in [0.3, 0.4) is 0 Å². The molecule has 2 N–H and O–H groups in total. The van der Waals surface area contributed by atoms with Gasteiger partial charge in [0.25, 0.3) is 5.91 Å². The third kappa shape index (κ3) is 3.17. The highest BCUT2D eigenvalue weighted by Gasteiger charge is 2.32. The number of nitrogens with two attached hydrogens (primary N) is 1. The van der Waals surface area contributed by atoms with Gasteiger partial charge in [-0.2, -0.15) is 10.2 Å². The predicted octanol–water partition coefficient (Wildman–Crippen LogP) is 2.65. The fourth-order valence-electron chi connectivity index (χ4n) is 3.52. The molecule has 1 saturated heterocycles. The summed E-state index contributed by atoms with van der Waals surface area (Å²) in [5, 5.41) is 8.12. The van der Waals surface area contributed by atoms with E-state index in [0.717, 1.165) is 36.2 Å². The van der Waals surface area contributed by atoms with Gasteiger partial charge in [-0.25, -0.2) is 0 Å². The Morgan fingerprint density at radius 3 is 2.92 bits per heavy atom. The van der Waals surface area contributed by atoms with Crippen molar-refractivity contribution in [1.29, 1.82) is 0 Å². The molecule has 1 aromatic carbocycles. The summed E-state index contributed by atoms with van der Waals surface area (Å²) in [5.41, 5.74) is 9.25. The number of hydrogen-bond acceptors (Lipinski definition) is 4. The van der Waals surface area contributed by atoms with E-state index in [1.165, 1.54) is 0 Å². The minimum Gasteiger partial charge on any atom is -0.334 e. The summed E-state index contributed by atoms with van der Waals surface area (Å²) in [6, 6.07) is 9.72. The first-order valence-corrected chi connectivity index (χ1v) is 8.51. The fraction of sp³-hybridized carbons (Fsp3) is 0.421. The molecule has 2 heterocycles. The number of piperidine rings is 1. The van der Waals surface area contributed by atoms with Crippen molar-refractivity contribution in [3.8, 4) is 11.3 Å². The molecule has 0 aliphatic carbocycles. The van der Waals surface area contributed by atoms with Crippen LogP contribution >= 0.6 is 0 Å². The van der Waals surface area contributed by atoms with Crippen LogP contribution in [-0.4, -0.2) is 40.1 Å². The maximum Gasteiger partial charge on any atom is 0.254 e. The van der Waals surface area contributed by atoms with E-state index in [2.05, 4.69) is 17.1 Å². The number of amides is 1. The van der Waals surface area contributed by atoms with Gasteiger partial charge >= 0.3 is 0 Å². The van der Waals surface area contributed by atoms with Crippen molar-refractivity contribution >= 4 is 5.91 Å². The van der Waals surface area contributed by atoms with Crippen molar-refractivity contribution < 1.29 is 4.79 Å². The lowest BCUT2D eigenvalue weighted by Crippen LogP contribution is -2.51. The lowest BCUT2D eigenvalue weighted by molar-refractivity contribution is 0.0533. The minimum atomic E-state index is 0.0429. The Kier molecular flexibility index (Phi) is 4.90. The Hall–Kier alpha value is -2.27. The first kappa shape index (κ1) is 16.6. The van der Waals surface area contributed by atoms with Crippen molar-refractivity contribution in [2.75, 3.05) is 13.1 Å². The summed E-state index contributed by atoms with van der Waals surface area (Å²) >= 11 is 0. The number of aryl methyl sites for hydroxylation is 1. The second-order valence-corrected chi connectivity index (χ2v) is 6.58. The number of likely N-dealkylation sites (tertiary alicyclic amines) is 1. The van der Waals surface area contributed by atoms with Gasteiger partial charge in [-0.1, -0.05) is 24.6 Å². The lowest BCUT2D eigenvalue weighted by atomic mass is 9.89. The van der Waals surface area contributed by atoms with Crippen LogP contribution in [0.4, 0.5) is 0 Å². The molecule has 1 fully saturated rings. The van der Waals surface area contributed by atoms with Crippen LogP contribution in [0.15, 0.2) is 36.5 Å². The molecule has 5 nitrogen and oxygen atoms in total. The Morgan fingerprint density at radius 1 is 1.38 bits per heavy atom. The van der Waals surface area contributed by atoms with E-state index >= 15 is 0 Å². The van der Waals surface area contributed by atoms with Crippen LogP contribution in [0, 0.1) is 12.8 Å². The normalized spacial score (nSPS) is 20.9. The molecule has 0 bridgehead atoms. The SMILES string of the molecule is Cc1ccc(-c2cccnn2)c(C(=O)N2CCC[C@@H](C)[C@H]2CN)c1. The van der Waals surface area contributed by atoms with Crippen LogP contribution in [-0.2, 0) is 0 Å². The Morgan fingerprint density at radius 2 is 2.21 bits per heavy atom. The zero-order valence-electron chi connectivity index (χ0n) is 14.3. The Labute approximate surface area is 142 Å². The standard InChI is InChI=1S/C19H24N4O/c1-13-7-8-15(17-6-3-9-21-22-17)16(11-13)19(24)23-10-4-5-14(2)18(23)12-20/h3,6-9,11,14,18H,4-5,10,12,20H2,1-2H3/t14-,18-/m1/s1. The molecule has 3 rings (SSSR count). The molecule has 126 valence electrons. The number of carbonyl (C=O) groups excluding carboxylic acids is 1. The number of aromatic nitrogens is 2. The van der Waals surface area contributed by atoms with E-state index in [-0.39, 0.29) is 11.9 Å². The number of nitrogens with zero attached hydrogens (tertiary/aromatic N) is 3. The quantitative estimate of drug-likeness (QED) is 0.942. The summed E-state index contributed by atoms with van der Waals surface area (Å²) in [5.74, 6) is 0.471. The molecule has 24 heavy (non-hydrogen) atoms. The van der Waals surface area contributed by atoms with Crippen LogP contribution in [0.5, 0.6) is 0 Å². The third-order valence-corrected chi connectivity index (χ3v) is 4.87. The van der Waals surface area contributed by atoms with Gasteiger partial charge in [-0.15, -0.1) is 0 Å². The third-order valence-electron chi connectivity index (χ3n) is 4.87. The van der Waals surface area contributed by atoms with E-state index in [1.54, 1.807) is 6.20 Å². The second kappa shape index (κ2) is 7.09. The van der Waals surface area contributed by atoms with Crippen LogP contribution < -0.4 is 5.73 Å². The highest BCUT2D eigenvalue weighted by atomic mass is 16.2. The van der Waals surface area contributed by atoms with Crippen molar-refractivity contribution in [2.45, 2.75) is 32.7 Å². The van der Waals surface area contributed by atoms with Crippen molar-refractivity contribution in [3.05, 3.63) is 47.7 Å². The largest absolute Gasteiger partial charge is 0.334 e. The summed E-state index contributed by atoms with van der Waals surface area (Å²) in [4.78, 5) is 15.2. The van der Waals surface area contributed by atoms with E-state index in [9.17, 15) is 4.79 Å². The molecule has 2 atom stereocenters. The van der Waals surface area contributed by atoms with Gasteiger partial charge in [-0.05, 0) is 43.9 Å². The summed E-state index contributed by atoms with van der Waals surface area (Å²) in [7, 11) is 0. The molecule has 1 aliphatic rings. The molecule has 0 unspecified atom stereocenters. The van der Waals surface area contributed by atoms with E-state index < -0.39 is 0 Å². The number of rotatable bonds is 3. The number of carbonyl (C=O) groups is 1. The molecule has 5 heteroatoms. The zero-order chi connectivity index (χ0) is 17.1. The Balaban J connectivity index is 2.02. The summed E-state index contributed by atoms with van der Waals surface area (Å²) in [6.07, 6.45) is 3.78. The number of hydrogen-bond donors (Lipinski definition) is 1. The average Bonchev–Trinajstić information content (AvgIpc) is 2.61. The molecule has 0 radical (unpaired) electrons. The van der Waals surface area contributed by atoms with Crippen LogP contribution in [0.2, 0.25) is 0 Å². The molecular formula is C19H24N4O. The maximum absolute atomic E-state index is 13.3. The van der Waals surface area contributed by atoms with Gasteiger partial charge in [0.05, 0.1) is 5.69 Å². The van der Waals surface area contributed by atoms with Gasteiger partial charge in [0.2, 0.25) is 0 Å². The van der Waals surface area contributed by atoms with E-state index in [4.69, 9.17) is 5.73 Å². The first-order chi connectivity index (χ1) is 11.6. The molecule has 2 aromatic rings. The van der Waals surface area contributed by atoms with Crippen molar-refractivity contribution in [3.63, 3.8) is 0 Å². The van der Waals surface area contributed by atoms with E-state index in [1.807, 2.05) is 42.2 Å². The average molecular weight is 324 g/mol. The highest BCUT2D eigenvalue weighted by molar-refractivity contribution is 6.01. The van der Waals surface area contributed by atoms with Crippen molar-refractivity contribution in [2.24, 2.45) is 11.7 Å². The predicted molar refractivity (Wildman–Crippen MR) is 94.5 cm³/mol. The maximum atomic E-state index is 13.3. The summed E-state index contributed by atoms with van der Waals surface area (Å²) < 4.78 is 0. The van der Waals surface area contributed by atoms with Gasteiger partial charge in [0.1, 0.15) is 0 Å².